The molecule has 0 atom stereocenters. The topological polar surface area (TPSA) is 77.2 Å². The largest absolute Gasteiger partial charge is 0.414 e. The number of carbonyl (C=O) groups excluding carboxylic acids is 1. The minimum absolute atomic E-state index is 0.130. The van der Waals surface area contributed by atoms with Crippen LogP contribution in [0.5, 0.6) is 5.88 Å². The molecule has 1 aromatic carbocycles. The molecule has 2 aromatic heterocycles. The zero-order chi connectivity index (χ0) is 15.9. The lowest BCUT2D eigenvalue weighted by Gasteiger charge is -2.03. The summed E-state index contributed by atoms with van der Waals surface area (Å²) in [5, 5.41) is 6.40. The van der Waals surface area contributed by atoms with Gasteiger partial charge in [-0.15, -0.1) is 0 Å². The summed E-state index contributed by atoms with van der Waals surface area (Å²) in [6.45, 7) is 0.465. The molecule has 6 nitrogen and oxygen atoms in total. The predicted molar refractivity (Wildman–Crippen MR) is 83.9 cm³/mol. The Hall–Kier alpha value is -3.15. The molecule has 6 heteroatoms. The van der Waals surface area contributed by atoms with Gasteiger partial charge in [-0.3, -0.25) is 4.98 Å². The summed E-state index contributed by atoms with van der Waals surface area (Å²) in [5.74, 6) is 0.676. The number of ether oxygens (including phenoxy) is 1. The zero-order valence-electron chi connectivity index (χ0n) is 12.3. The van der Waals surface area contributed by atoms with Crippen LogP contribution in [0.3, 0.4) is 0 Å². The van der Waals surface area contributed by atoms with E-state index in [2.05, 4.69) is 15.5 Å². The van der Waals surface area contributed by atoms with Crippen LogP contribution in [0.15, 0.2) is 65.4 Å². The molecule has 0 aliphatic heterocycles. The van der Waals surface area contributed by atoms with Gasteiger partial charge in [0, 0.05) is 24.5 Å². The number of amides is 1. The first kappa shape index (κ1) is 14.8. The third-order valence-electron chi connectivity index (χ3n) is 3.18. The molecular formula is C17H15N3O3. The third kappa shape index (κ3) is 4.16. The molecule has 116 valence electrons. The lowest BCUT2D eigenvalue weighted by atomic mass is 10.2. The first-order valence-corrected chi connectivity index (χ1v) is 7.18. The molecule has 0 unspecified atom stereocenters. The summed E-state index contributed by atoms with van der Waals surface area (Å²) in [6.07, 6.45) is 3.57. The molecule has 3 rings (SSSR count). The molecule has 2 heterocycles. The van der Waals surface area contributed by atoms with Crippen molar-refractivity contribution in [2.75, 3.05) is 6.54 Å². The van der Waals surface area contributed by atoms with Crippen LogP contribution in [-0.4, -0.2) is 22.8 Å². The van der Waals surface area contributed by atoms with E-state index >= 15 is 0 Å². The molecule has 0 aliphatic carbocycles. The van der Waals surface area contributed by atoms with Crippen molar-refractivity contribution in [1.82, 2.24) is 15.5 Å². The highest BCUT2D eigenvalue weighted by Crippen LogP contribution is 2.23. The summed E-state index contributed by atoms with van der Waals surface area (Å²) in [4.78, 5) is 15.7. The van der Waals surface area contributed by atoms with Gasteiger partial charge in [0.25, 0.3) is 5.88 Å². The van der Waals surface area contributed by atoms with Crippen molar-refractivity contribution >= 4 is 6.09 Å². The van der Waals surface area contributed by atoms with Crippen molar-refractivity contribution < 1.29 is 14.1 Å². The molecule has 0 spiro atoms. The Morgan fingerprint density at radius 3 is 2.70 bits per heavy atom. The fraction of sp³-hybridized carbons (Fsp3) is 0.118. The second-order valence-corrected chi connectivity index (χ2v) is 4.82. The molecule has 0 radical (unpaired) electrons. The Balaban J connectivity index is 1.49. The Morgan fingerprint density at radius 1 is 1.13 bits per heavy atom. The number of carbonyl (C=O) groups is 1. The third-order valence-corrected chi connectivity index (χ3v) is 3.18. The van der Waals surface area contributed by atoms with Gasteiger partial charge in [-0.2, -0.15) is 0 Å². The molecule has 23 heavy (non-hydrogen) atoms. The van der Waals surface area contributed by atoms with Crippen LogP contribution in [-0.2, 0) is 6.42 Å². The Kier molecular flexibility index (Phi) is 4.63. The van der Waals surface area contributed by atoms with Crippen molar-refractivity contribution in [2.24, 2.45) is 0 Å². The van der Waals surface area contributed by atoms with Gasteiger partial charge in [0.15, 0.2) is 5.76 Å². The molecule has 1 amide bonds. The molecule has 3 aromatic rings. The molecule has 0 fully saturated rings. The van der Waals surface area contributed by atoms with E-state index in [-0.39, 0.29) is 5.88 Å². The Bertz CT molecular complexity index is 757. The summed E-state index contributed by atoms with van der Waals surface area (Å²) in [5.41, 5.74) is 1.96. The van der Waals surface area contributed by atoms with Crippen LogP contribution in [0, 0.1) is 0 Å². The van der Waals surface area contributed by atoms with E-state index in [4.69, 9.17) is 9.26 Å². The van der Waals surface area contributed by atoms with Crippen LogP contribution in [0.2, 0.25) is 0 Å². The lowest BCUT2D eigenvalue weighted by Crippen LogP contribution is -2.28. The molecular weight excluding hydrogens is 294 g/mol. The minimum atomic E-state index is -0.563. The van der Waals surface area contributed by atoms with Gasteiger partial charge >= 0.3 is 6.09 Å². The van der Waals surface area contributed by atoms with Gasteiger partial charge in [0.05, 0.1) is 6.07 Å². The monoisotopic (exact) mass is 309 g/mol. The number of nitrogens with zero attached hydrogens (tertiary/aromatic N) is 2. The average molecular weight is 309 g/mol. The van der Waals surface area contributed by atoms with Crippen molar-refractivity contribution in [1.29, 1.82) is 0 Å². The molecule has 0 bridgehead atoms. The lowest BCUT2D eigenvalue weighted by molar-refractivity contribution is 0.196. The highest BCUT2D eigenvalue weighted by Gasteiger charge is 2.11. The van der Waals surface area contributed by atoms with Crippen molar-refractivity contribution in [3.63, 3.8) is 0 Å². The van der Waals surface area contributed by atoms with Crippen LogP contribution < -0.4 is 10.1 Å². The number of hydrogen-bond donors (Lipinski definition) is 1. The first-order chi connectivity index (χ1) is 11.3. The zero-order valence-corrected chi connectivity index (χ0v) is 12.3. The molecule has 0 saturated heterocycles. The molecule has 0 aliphatic rings. The van der Waals surface area contributed by atoms with Crippen LogP contribution in [0.4, 0.5) is 4.79 Å². The Morgan fingerprint density at radius 2 is 1.91 bits per heavy atom. The Labute approximate surface area is 133 Å². The number of benzene rings is 1. The van der Waals surface area contributed by atoms with E-state index in [1.54, 1.807) is 18.5 Å². The summed E-state index contributed by atoms with van der Waals surface area (Å²) in [7, 11) is 0. The maximum absolute atomic E-state index is 11.7. The number of rotatable bonds is 5. The SMILES string of the molecule is O=C(NCCc1ccncc1)Oc1cc(-c2ccccc2)on1. The van der Waals surface area contributed by atoms with Crippen LogP contribution in [0.25, 0.3) is 11.3 Å². The first-order valence-electron chi connectivity index (χ1n) is 7.18. The highest BCUT2D eigenvalue weighted by molar-refractivity contribution is 5.70. The predicted octanol–water partition coefficient (Wildman–Crippen LogP) is 3.07. The maximum atomic E-state index is 11.7. The van der Waals surface area contributed by atoms with Gasteiger partial charge < -0.3 is 14.6 Å². The fourth-order valence-corrected chi connectivity index (χ4v) is 2.03. The average Bonchev–Trinajstić information content (AvgIpc) is 3.05. The quantitative estimate of drug-likeness (QED) is 0.783. The smallest absolute Gasteiger partial charge is 0.388 e. The second-order valence-electron chi connectivity index (χ2n) is 4.82. The highest BCUT2D eigenvalue weighted by atomic mass is 16.6. The van der Waals surface area contributed by atoms with Crippen LogP contribution >= 0.6 is 0 Å². The standard InChI is InChI=1S/C17H15N3O3/c21-17(19-11-8-13-6-9-18-10-7-13)22-16-12-15(23-20-16)14-4-2-1-3-5-14/h1-7,9-10,12H,8,11H2,(H,19,21). The van der Waals surface area contributed by atoms with Crippen molar-refractivity contribution in [3.05, 3.63) is 66.5 Å². The summed E-state index contributed by atoms with van der Waals surface area (Å²) >= 11 is 0. The normalized spacial score (nSPS) is 10.3. The van der Waals surface area contributed by atoms with Crippen molar-refractivity contribution in [2.45, 2.75) is 6.42 Å². The number of aromatic nitrogens is 2. The summed E-state index contributed by atoms with van der Waals surface area (Å²) in [6, 6.07) is 14.9. The number of hydrogen-bond acceptors (Lipinski definition) is 5. The fourth-order valence-electron chi connectivity index (χ4n) is 2.03. The summed E-state index contributed by atoms with van der Waals surface area (Å²) < 4.78 is 10.3. The number of nitrogens with one attached hydrogen (secondary N) is 1. The van der Waals surface area contributed by atoms with E-state index in [1.807, 2.05) is 42.5 Å². The van der Waals surface area contributed by atoms with E-state index < -0.39 is 6.09 Å². The van der Waals surface area contributed by atoms with Gasteiger partial charge in [0.1, 0.15) is 0 Å². The van der Waals surface area contributed by atoms with E-state index in [0.29, 0.717) is 18.7 Å². The van der Waals surface area contributed by atoms with E-state index in [9.17, 15) is 4.79 Å². The van der Waals surface area contributed by atoms with Crippen molar-refractivity contribution in [3.8, 4) is 17.2 Å². The van der Waals surface area contributed by atoms with Gasteiger partial charge in [0.2, 0.25) is 0 Å². The van der Waals surface area contributed by atoms with E-state index in [1.165, 1.54) is 0 Å². The molecule has 0 saturated carbocycles. The van der Waals surface area contributed by atoms with Gasteiger partial charge in [-0.25, -0.2) is 4.79 Å². The number of pyridine rings is 1. The minimum Gasteiger partial charge on any atom is -0.388 e. The maximum Gasteiger partial charge on any atom is 0.414 e. The van der Waals surface area contributed by atoms with Gasteiger partial charge in [-0.05, 0) is 29.3 Å². The molecule has 1 N–H and O–H groups in total. The van der Waals surface area contributed by atoms with Crippen LogP contribution in [0.1, 0.15) is 5.56 Å². The van der Waals surface area contributed by atoms with E-state index in [0.717, 1.165) is 11.1 Å². The van der Waals surface area contributed by atoms with Gasteiger partial charge in [-0.1, -0.05) is 30.3 Å². The second kappa shape index (κ2) is 7.22.